The van der Waals surface area contributed by atoms with Gasteiger partial charge >= 0.3 is 0 Å². The molecule has 2 aromatic rings. The van der Waals surface area contributed by atoms with E-state index in [9.17, 15) is 9.18 Å². The smallest absolute Gasteiger partial charge is 0.254 e. The number of nitrogens with one attached hydrogen (secondary N) is 1. The number of nitrogens with two attached hydrogens (primary N) is 1. The molecule has 190 valence electrons. The largest absolute Gasteiger partial charge is 0.397 e. The van der Waals surface area contributed by atoms with Crippen molar-refractivity contribution in [1.29, 1.82) is 0 Å². The molecule has 1 aromatic carbocycles. The second kappa shape index (κ2) is 11.3. The van der Waals surface area contributed by atoms with Crippen LogP contribution in [0.5, 0.6) is 0 Å². The summed E-state index contributed by atoms with van der Waals surface area (Å²) < 4.78 is 14.2. The van der Waals surface area contributed by atoms with Crippen molar-refractivity contribution in [3.63, 3.8) is 0 Å². The van der Waals surface area contributed by atoms with Crippen LogP contribution >= 0.6 is 23.2 Å². The maximum absolute atomic E-state index is 14.2. The van der Waals surface area contributed by atoms with Gasteiger partial charge in [0.25, 0.3) is 5.91 Å². The molecule has 35 heavy (non-hydrogen) atoms. The van der Waals surface area contributed by atoms with Crippen LogP contribution in [0.25, 0.3) is 0 Å². The van der Waals surface area contributed by atoms with Crippen molar-refractivity contribution in [3.8, 4) is 0 Å². The molecular formula is C25H33Cl2FN6O. The lowest BCUT2D eigenvalue weighted by atomic mass is 9.97. The number of nitrogen functional groups attached to an aromatic ring is 1. The number of hydrogen-bond donors (Lipinski definition) is 2. The van der Waals surface area contributed by atoms with Crippen LogP contribution in [-0.4, -0.2) is 72.5 Å². The highest BCUT2D eigenvalue weighted by atomic mass is 35.5. The number of anilines is 2. The zero-order chi connectivity index (χ0) is 25.1. The van der Waals surface area contributed by atoms with Gasteiger partial charge in [0.05, 0.1) is 11.3 Å². The summed E-state index contributed by atoms with van der Waals surface area (Å²) in [5.41, 5.74) is 7.40. The fraction of sp³-hybridized carbons (Fsp3) is 0.520. The predicted octanol–water partition coefficient (Wildman–Crippen LogP) is 4.03. The number of benzene rings is 1. The van der Waals surface area contributed by atoms with Gasteiger partial charge in [-0.1, -0.05) is 36.2 Å². The van der Waals surface area contributed by atoms with E-state index in [-0.39, 0.29) is 23.0 Å². The quantitative estimate of drug-likeness (QED) is 0.596. The molecule has 2 fully saturated rings. The molecule has 0 aliphatic carbocycles. The van der Waals surface area contributed by atoms with Gasteiger partial charge in [-0.15, -0.1) is 0 Å². The number of pyridine rings is 1. The van der Waals surface area contributed by atoms with Gasteiger partial charge in [-0.2, -0.15) is 0 Å². The van der Waals surface area contributed by atoms with Gasteiger partial charge in [0.1, 0.15) is 16.7 Å². The zero-order valence-electron chi connectivity index (χ0n) is 20.2. The lowest BCUT2D eigenvalue weighted by Gasteiger charge is -2.47. The number of piperidine rings is 1. The highest BCUT2D eigenvalue weighted by molar-refractivity contribution is 6.36. The second-order valence-corrected chi connectivity index (χ2v) is 10.1. The molecule has 2 aliphatic heterocycles. The minimum absolute atomic E-state index is 0.238. The van der Waals surface area contributed by atoms with Gasteiger partial charge in [0.2, 0.25) is 0 Å². The monoisotopic (exact) mass is 522 g/mol. The average Bonchev–Trinajstić information content (AvgIpc) is 2.87. The van der Waals surface area contributed by atoms with Crippen molar-refractivity contribution in [2.45, 2.75) is 44.8 Å². The van der Waals surface area contributed by atoms with E-state index in [1.165, 1.54) is 12.3 Å². The average molecular weight is 523 g/mol. The number of halogens is 3. The molecule has 3 heterocycles. The van der Waals surface area contributed by atoms with Crippen LogP contribution in [0, 0.1) is 5.82 Å². The van der Waals surface area contributed by atoms with Crippen molar-refractivity contribution in [3.05, 3.63) is 51.4 Å². The lowest BCUT2D eigenvalue weighted by Crippen LogP contribution is -2.58. The Labute approximate surface area is 216 Å². The molecule has 10 heteroatoms. The number of carbonyl (C=O) groups is 1. The number of likely N-dealkylation sites (tertiary alicyclic amines) is 1. The summed E-state index contributed by atoms with van der Waals surface area (Å²) in [4.78, 5) is 23.6. The lowest BCUT2D eigenvalue weighted by molar-refractivity contribution is 0.0607. The van der Waals surface area contributed by atoms with E-state index in [1.807, 2.05) is 0 Å². The Morgan fingerprint density at radius 3 is 2.63 bits per heavy atom. The molecule has 1 atom stereocenters. The number of nitrogens with zero attached hydrogens (tertiary/aromatic N) is 4. The second-order valence-electron chi connectivity index (χ2n) is 9.29. The number of aromatic nitrogens is 1. The van der Waals surface area contributed by atoms with Crippen LogP contribution in [0.3, 0.4) is 0 Å². The molecule has 0 bridgehead atoms. The first-order valence-corrected chi connectivity index (χ1v) is 12.9. The van der Waals surface area contributed by atoms with E-state index in [0.29, 0.717) is 40.1 Å². The third-order valence-corrected chi connectivity index (χ3v) is 7.85. The molecule has 0 spiro atoms. The standard InChI is InChI=1S/C25H33Cl2FN6O/c1-3-18-15-33(24-22(27)23(29)20(13-31-24)25(35)30-2)10-11-34(18)19-6-8-32(9-7-19)14-16-4-5-17(26)12-21(16)28/h4-5,12-13,18-19H,3,6-11,14-15H2,1-2H3,(H2,29,31)(H,30,35)/t18-/m0/s1. The third-order valence-electron chi connectivity index (χ3n) is 7.24. The van der Waals surface area contributed by atoms with Crippen LogP contribution in [0.15, 0.2) is 24.4 Å². The number of carbonyl (C=O) groups excluding carboxylic acids is 1. The molecule has 2 aliphatic rings. The molecule has 4 rings (SSSR count). The van der Waals surface area contributed by atoms with Crippen molar-refractivity contribution in [1.82, 2.24) is 20.1 Å². The van der Waals surface area contributed by atoms with E-state index in [0.717, 1.165) is 52.0 Å². The first kappa shape index (κ1) is 25.9. The number of amides is 1. The fourth-order valence-electron chi connectivity index (χ4n) is 5.23. The molecule has 0 unspecified atom stereocenters. The van der Waals surface area contributed by atoms with Crippen molar-refractivity contribution in [2.24, 2.45) is 0 Å². The fourth-order valence-corrected chi connectivity index (χ4v) is 5.66. The van der Waals surface area contributed by atoms with Gasteiger partial charge in [-0.3, -0.25) is 14.6 Å². The van der Waals surface area contributed by atoms with Crippen molar-refractivity contribution >= 4 is 40.6 Å². The molecule has 1 amide bonds. The summed E-state index contributed by atoms with van der Waals surface area (Å²) in [6.45, 7) is 7.19. The van der Waals surface area contributed by atoms with Crippen molar-refractivity contribution < 1.29 is 9.18 Å². The number of rotatable bonds is 6. The Morgan fingerprint density at radius 1 is 1.23 bits per heavy atom. The number of hydrogen-bond acceptors (Lipinski definition) is 6. The summed E-state index contributed by atoms with van der Waals surface area (Å²) in [6, 6.07) is 5.78. The summed E-state index contributed by atoms with van der Waals surface area (Å²) in [6.07, 6.45) is 4.62. The minimum atomic E-state index is -0.301. The first-order valence-electron chi connectivity index (χ1n) is 12.1. The zero-order valence-corrected chi connectivity index (χ0v) is 21.7. The minimum Gasteiger partial charge on any atom is -0.397 e. The third kappa shape index (κ3) is 5.66. The van der Waals surface area contributed by atoms with Gasteiger partial charge < -0.3 is 16.0 Å². The normalized spacial score (nSPS) is 20.3. The van der Waals surface area contributed by atoms with Crippen LogP contribution < -0.4 is 16.0 Å². The van der Waals surface area contributed by atoms with E-state index in [4.69, 9.17) is 28.9 Å². The van der Waals surface area contributed by atoms with E-state index in [2.05, 4.69) is 31.9 Å². The van der Waals surface area contributed by atoms with E-state index >= 15 is 0 Å². The van der Waals surface area contributed by atoms with Crippen LogP contribution in [-0.2, 0) is 6.54 Å². The molecule has 0 radical (unpaired) electrons. The highest BCUT2D eigenvalue weighted by Crippen LogP contribution is 2.34. The van der Waals surface area contributed by atoms with Crippen LogP contribution in [0.2, 0.25) is 10.0 Å². The Bertz CT molecular complexity index is 1060. The topological polar surface area (TPSA) is 77.7 Å². The molecule has 7 nitrogen and oxygen atoms in total. The predicted molar refractivity (Wildman–Crippen MR) is 140 cm³/mol. The molecular weight excluding hydrogens is 490 g/mol. The highest BCUT2D eigenvalue weighted by Gasteiger charge is 2.34. The van der Waals surface area contributed by atoms with Crippen LogP contribution in [0.4, 0.5) is 15.9 Å². The van der Waals surface area contributed by atoms with Crippen LogP contribution in [0.1, 0.15) is 42.1 Å². The Morgan fingerprint density at radius 2 is 1.97 bits per heavy atom. The molecule has 2 saturated heterocycles. The summed E-state index contributed by atoms with van der Waals surface area (Å²) >= 11 is 12.4. The Kier molecular flexibility index (Phi) is 8.37. The number of piperazine rings is 1. The molecule has 1 aromatic heterocycles. The van der Waals surface area contributed by atoms with Crippen molar-refractivity contribution in [2.75, 3.05) is 50.4 Å². The van der Waals surface area contributed by atoms with Gasteiger partial charge in [0, 0.05) is 62.1 Å². The summed E-state index contributed by atoms with van der Waals surface area (Å²) in [5.74, 6) is 0.0950. The SMILES string of the molecule is CC[C@H]1CN(c2ncc(C(=O)NC)c(N)c2Cl)CCN1C1CCN(Cc2ccc(Cl)cc2F)CC1. The van der Waals surface area contributed by atoms with Gasteiger partial charge in [-0.25, -0.2) is 9.37 Å². The summed E-state index contributed by atoms with van der Waals surface area (Å²) in [5, 5.41) is 3.32. The maximum Gasteiger partial charge on any atom is 0.254 e. The molecule has 3 N–H and O–H groups in total. The first-order chi connectivity index (χ1) is 16.8. The van der Waals surface area contributed by atoms with Gasteiger partial charge in [-0.05, 0) is 44.5 Å². The Balaban J connectivity index is 1.37. The van der Waals surface area contributed by atoms with E-state index < -0.39 is 0 Å². The van der Waals surface area contributed by atoms with Gasteiger partial charge in [0.15, 0.2) is 0 Å². The maximum atomic E-state index is 14.2. The Hall–Kier alpha value is -2.13. The molecule has 0 saturated carbocycles. The summed E-state index contributed by atoms with van der Waals surface area (Å²) in [7, 11) is 1.55. The van der Waals surface area contributed by atoms with E-state index in [1.54, 1.807) is 19.2 Å².